The highest BCUT2D eigenvalue weighted by Gasteiger charge is 2.39. The zero-order chi connectivity index (χ0) is 20.3. The van der Waals surface area contributed by atoms with Gasteiger partial charge in [-0.3, -0.25) is 4.79 Å². The number of rotatable bonds is 6. The predicted molar refractivity (Wildman–Crippen MR) is 104 cm³/mol. The Morgan fingerprint density at radius 1 is 1.11 bits per heavy atom. The van der Waals surface area contributed by atoms with Gasteiger partial charge in [-0.1, -0.05) is 51.7 Å². The maximum atomic E-state index is 14.4. The lowest BCUT2D eigenvalue weighted by atomic mass is 9.72. The smallest absolute Gasteiger partial charge is 0.309 e. The van der Waals surface area contributed by atoms with E-state index in [-0.39, 0.29) is 23.0 Å². The molecule has 156 valence electrons. The van der Waals surface area contributed by atoms with Gasteiger partial charge in [-0.2, -0.15) is 0 Å². The molecule has 1 aliphatic heterocycles. The molecule has 0 amide bonds. The van der Waals surface area contributed by atoms with Crippen LogP contribution in [0.1, 0.15) is 82.3 Å². The average molecular weight is 395 g/mol. The number of carbonyl (C=O) groups excluding carboxylic acids is 1. The van der Waals surface area contributed by atoms with E-state index >= 15 is 0 Å². The van der Waals surface area contributed by atoms with Crippen LogP contribution in [-0.2, 0) is 16.1 Å². The Bertz CT molecular complexity index is 683. The van der Waals surface area contributed by atoms with Crippen LogP contribution in [0.3, 0.4) is 0 Å². The van der Waals surface area contributed by atoms with Crippen molar-refractivity contribution >= 4 is 5.97 Å². The van der Waals surface area contributed by atoms with E-state index in [9.17, 15) is 13.6 Å². The van der Waals surface area contributed by atoms with E-state index in [2.05, 4.69) is 6.92 Å². The number of benzene rings is 1. The van der Waals surface area contributed by atoms with Gasteiger partial charge >= 0.3 is 5.97 Å². The molecule has 3 rings (SSSR count). The number of cyclic esters (lactones) is 1. The van der Waals surface area contributed by atoms with Gasteiger partial charge in [0.2, 0.25) is 0 Å². The quantitative estimate of drug-likeness (QED) is 0.649. The van der Waals surface area contributed by atoms with Crippen molar-refractivity contribution in [2.24, 2.45) is 17.8 Å². The van der Waals surface area contributed by atoms with Crippen molar-refractivity contribution in [1.29, 1.82) is 0 Å². The van der Waals surface area contributed by atoms with Gasteiger partial charge in [-0.05, 0) is 43.1 Å². The normalized spacial score (nSPS) is 29.4. The Morgan fingerprint density at radius 3 is 2.43 bits per heavy atom. The molecule has 1 aromatic rings. The second-order valence-electron chi connectivity index (χ2n) is 8.62. The number of esters is 1. The highest BCUT2D eigenvalue weighted by Crippen LogP contribution is 2.41. The maximum absolute atomic E-state index is 14.4. The van der Waals surface area contributed by atoms with Crippen molar-refractivity contribution < 1.29 is 23.4 Å². The molecule has 1 heterocycles. The van der Waals surface area contributed by atoms with Crippen LogP contribution in [-0.4, -0.2) is 17.2 Å². The molecule has 5 heteroatoms. The van der Waals surface area contributed by atoms with E-state index in [1.165, 1.54) is 37.8 Å². The fourth-order valence-electron chi connectivity index (χ4n) is 5.10. The number of hydrogen-bond acceptors (Lipinski definition) is 3. The Labute approximate surface area is 166 Å². The van der Waals surface area contributed by atoms with Crippen LogP contribution in [0.2, 0.25) is 0 Å². The fraction of sp³-hybridized carbons (Fsp3) is 0.696. The fourth-order valence-corrected chi connectivity index (χ4v) is 5.10. The number of ether oxygens (including phenoxy) is 1. The molecule has 0 bridgehead atoms. The molecule has 2 fully saturated rings. The summed E-state index contributed by atoms with van der Waals surface area (Å²) >= 11 is 0. The van der Waals surface area contributed by atoms with Gasteiger partial charge < -0.3 is 9.84 Å². The highest BCUT2D eigenvalue weighted by molar-refractivity contribution is 5.73. The molecular weight excluding hydrogens is 362 g/mol. The van der Waals surface area contributed by atoms with Gasteiger partial charge in [0.15, 0.2) is 11.6 Å². The van der Waals surface area contributed by atoms with Crippen molar-refractivity contribution in [3.63, 3.8) is 0 Å². The number of aliphatic hydroxyl groups is 1. The van der Waals surface area contributed by atoms with Crippen molar-refractivity contribution in [3.05, 3.63) is 34.9 Å². The third-order valence-electron chi connectivity index (χ3n) is 6.90. The van der Waals surface area contributed by atoms with Crippen LogP contribution < -0.4 is 0 Å². The molecule has 2 aliphatic rings. The molecule has 0 radical (unpaired) electrons. The monoisotopic (exact) mass is 394 g/mol. The summed E-state index contributed by atoms with van der Waals surface area (Å²) in [6.07, 6.45) is 8.07. The standard InChI is InChI=1S/C23H32F2O3/c1-3-4-15-5-7-16(8-6-15)19-11-12-20(28-23(19)27)14(2)18-10-9-17(13-26)21(24)22(18)25/h9-10,14-16,19-20,26H,3-8,11-13H2,1-2H3. The number of carbonyl (C=O) groups is 1. The second kappa shape index (κ2) is 9.34. The van der Waals surface area contributed by atoms with E-state index in [1.807, 2.05) is 0 Å². The maximum Gasteiger partial charge on any atom is 0.309 e. The summed E-state index contributed by atoms with van der Waals surface area (Å²) in [6, 6.07) is 2.88. The molecule has 0 spiro atoms. The summed E-state index contributed by atoms with van der Waals surface area (Å²) in [6.45, 7) is 3.45. The summed E-state index contributed by atoms with van der Waals surface area (Å²) in [5.41, 5.74) is 0.138. The lowest BCUT2D eigenvalue weighted by molar-refractivity contribution is -0.165. The SMILES string of the molecule is CCCC1CCC(C2CCC(C(C)c3ccc(CO)c(F)c3F)OC2=O)CC1. The second-order valence-corrected chi connectivity index (χ2v) is 8.62. The van der Waals surface area contributed by atoms with Crippen molar-refractivity contribution in [1.82, 2.24) is 0 Å². The van der Waals surface area contributed by atoms with Crippen molar-refractivity contribution in [2.45, 2.75) is 83.8 Å². The van der Waals surface area contributed by atoms with Gasteiger partial charge in [0.1, 0.15) is 6.10 Å². The first-order valence-corrected chi connectivity index (χ1v) is 10.7. The molecular formula is C23H32F2O3. The van der Waals surface area contributed by atoms with Crippen LogP contribution in [0, 0.1) is 29.4 Å². The van der Waals surface area contributed by atoms with Gasteiger partial charge in [0, 0.05) is 11.5 Å². The van der Waals surface area contributed by atoms with Gasteiger partial charge in [0.05, 0.1) is 12.5 Å². The molecule has 3 nitrogen and oxygen atoms in total. The minimum Gasteiger partial charge on any atom is -0.462 e. The minimum atomic E-state index is -1.02. The predicted octanol–water partition coefficient (Wildman–Crippen LogP) is 5.49. The van der Waals surface area contributed by atoms with E-state index < -0.39 is 30.3 Å². The largest absolute Gasteiger partial charge is 0.462 e. The van der Waals surface area contributed by atoms with Gasteiger partial charge in [-0.25, -0.2) is 8.78 Å². The zero-order valence-corrected chi connectivity index (χ0v) is 16.9. The molecule has 1 saturated carbocycles. The first kappa shape index (κ1) is 21.2. The Kier molecular flexibility index (Phi) is 7.08. The Hall–Kier alpha value is -1.49. The summed E-state index contributed by atoms with van der Waals surface area (Å²) < 4.78 is 34.1. The average Bonchev–Trinajstić information content (AvgIpc) is 2.70. The molecule has 3 atom stereocenters. The summed E-state index contributed by atoms with van der Waals surface area (Å²) in [7, 11) is 0. The first-order valence-electron chi connectivity index (χ1n) is 10.7. The summed E-state index contributed by atoms with van der Waals surface area (Å²) in [5.74, 6) is -1.42. The van der Waals surface area contributed by atoms with Crippen LogP contribution in [0.4, 0.5) is 8.78 Å². The minimum absolute atomic E-state index is 0.0515. The van der Waals surface area contributed by atoms with E-state index in [1.54, 1.807) is 6.92 Å². The molecule has 1 saturated heterocycles. The van der Waals surface area contributed by atoms with Crippen molar-refractivity contribution in [2.75, 3.05) is 0 Å². The van der Waals surface area contributed by atoms with Crippen molar-refractivity contribution in [3.8, 4) is 0 Å². The van der Waals surface area contributed by atoms with Gasteiger partial charge in [0.25, 0.3) is 0 Å². The van der Waals surface area contributed by atoms with Crippen LogP contribution in [0.15, 0.2) is 12.1 Å². The van der Waals surface area contributed by atoms with E-state index in [0.29, 0.717) is 12.3 Å². The van der Waals surface area contributed by atoms with Gasteiger partial charge in [-0.15, -0.1) is 0 Å². The molecule has 0 aromatic heterocycles. The van der Waals surface area contributed by atoms with E-state index in [0.717, 1.165) is 25.2 Å². The third-order valence-corrected chi connectivity index (χ3v) is 6.90. The molecule has 3 unspecified atom stereocenters. The molecule has 28 heavy (non-hydrogen) atoms. The summed E-state index contributed by atoms with van der Waals surface area (Å²) in [4.78, 5) is 12.7. The molecule has 1 aliphatic carbocycles. The highest BCUT2D eigenvalue weighted by atomic mass is 19.2. The lowest BCUT2D eigenvalue weighted by Gasteiger charge is -2.38. The van der Waals surface area contributed by atoms with E-state index in [4.69, 9.17) is 9.84 Å². The topological polar surface area (TPSA) is 46.5 Å². The first-order chi connectivity index (χ1) is 13.5. The summed E-state index contributed by atoms with van der Waals surface area (Å²) in [5, 5.41) is 9.08. The van der Waals surface area contributed by atoms with Crippen LogP contribution >= 0.6 is 0 Å². The van der Waals surface area contributed by atoms with Crippen LogP contribution in [0.25, 0.3) is 0 Å². The third kappa shape index (κ3) is 4.40. The zero-order valence-electron chi connectivity index (χ0n) is 16.9. The number of aliphatic hydroxyl groups excluding tert-OH is 1. The number of halogens is 2. The van der Waals surface area contributed by atoms with Crippen LogP contribution in [0.5, 0.6) is 0 Å². The lowest BCUT2D eigenvalue weighted by Crippen LogP contribution is -2.38. The molecule has 1 N–H and O–H groups in total. The number of hydrogen-bond donors (Lipinski definition) is 1. The Balaban J connectivity index is 1.61. The Morgan fingerprint density at radius 2 is 1.82 bits per heavy atom. The molecule has 1 aromatic carbocycles.